The van der Waals surface area contributed by atoms with Gasteiger partial charge in [0.2, 0.25) is 0 Å². The van der Waals surface area contributed by atoms with Gasteiger partial charge in [-0.1, -0.05) is 0 Å². The van der Waals surface area contributed by atoms with E-state index in [1.54, 1.807) is 0 Å². The summed E-state index contributed by atoms with van der Waals surface area (Å²) in [5, 5.41) is 8.24. The molecule has 0 radical (unpaired) electrons. The molecule has 4 nitrogen and oxygen atoms in total. The molecule has 14 heavy (non-hydrogen) atoms. The fraction of sp³-hybridized carbons (Fsp3) is 0.600. The van der Waals surface area contributed by atoms with Crippen molar-refractivity contribution in [3.8, 4) is 0 Å². The van der Waals surface area contributed by atoms with Crippen LogP contribution in [0.5, 0.6) is 0 Å². The standard InChI is InChI=1S/C10H16N4/c1-8-4-5-10(13-12-8)14-6-2-3-9(14)7-11/h4-5,9H,2-3,6-7,11H2,1H3/t9-/m0/s1. The Morgan fingerprint density at radius 1 is 1.50 bits per heavy atom. The Kier molecular flexibility index (Phi) is 2.63. The third kappa shape index (κ3) is 1.70. The molecule has 1 aromatic heterocycles. The highest BCUT2D eigenvalue weighted by Gasteiger charge is 2.24. The van der Waals surface area contributed by atoms with Gasteiger partial charge in [0.15, 0.2) is 5.82 Å². The molecule has 1 atom stereocenters. The summed E-state index contributed by atoms with van der Waals surface area (Å²) in [7, 11) is 0. The highest BCUT2D eigenvalue weighted by molar-refractivity contribution is 5.40. The summed E-state index contributed by atoms with van der Waals surface area (Å²) in [6, 6.07) is 4.47. The quantitative estimate of drug-likeness (QED) is 0.750. The number of aryl methyl sites for hydroxylation is 1. The van der Waals surface area contributed by atoms with Gasteiger partial charge in [0, 0.05) is 19.1 Å². The van der Waals surface area contributed by atoms with Crippen LogP contribution < -0.4 is 10.6 Å². The molecule has 0 aliphatic carbocycles. The van der Waals surface area contributed by atoms with Crippen LogP contribution in [0.3, 0.4) is 0 Å². The van der Waals surface area contributed by atoms with Crippen LogP contribution >= 0.6 is 0 Å². The van der Waals surface area contributed by atoms with E-state index < -0.39 is 0 Å². The van der Waals surface area contributed by atoms with Crippen LogP contribution in [0.15, 0.2) is 12.1 Å². The molecular formula is C10H16N4. The van der Waals surface area contributed by atoms with E-state index in [0.29, 0.717) is 12.6 Å². The maximum atomic E-state index is 5.70. The molecule has 0 unspecified atom stereocenters. The van der Waals surface area contributed by atoms with E-state index in [2.05, 4.69) is 15.1 Å². The number of aromatic nitrogens is 2. The zero-order valence-corrected chi connectivity index (χ0v) is 8.48. The van der Waals surface area contributed by atoms with Gasteiger partial charge in [-0.25, -0.2) is 0 Å². The first-order chi connectivity index (χ1) is 6.81. The van der Waals surface area contributed by atoms with Gasteiger partial charge in [-0.15, -0.1) is 5.10 Å². The van der Waals surface area contributed by atoms with Crippen LogP contribution in [-0.2, 0) is 0 Å². The van der Waals surface area contributed by atoms with Crippen molar-refractivity contribution in [2.24, 2.45) is 5.73 Å². The molecule has 4 heteroatoms. The summed E-state index contributed by atoms with van der Waals surface area (Å²) in [5.74, 6) is 0.962. The van der Waals surface area contributed by atoms with Gasteiger partial charge in [0.25, 0.3) is 0 Å². The summed E-state index contributed by atoms with van der Waals surface area (Å²) < 4.78 is 0. The van der Waals surface area contributed by atoms with Crippen molar-refractivity contribution in [2.75, 3.05) is 18.0 Å². The van der Waals surface area contributed by atoms with Crippen molar-refractivity contribution in [2.45, 2.75) is 25.8 Å². The average Bonchev–Trinajstić information content (AvgIpc) is 2.67. The molecule has 2 N–H and O–H groups in total. The van der Waals surface area contributed by atoms with Gasteiger partial charge in [0.05, 0.1) is 5.69 Å². The smallest absolute Gasteiger partial charge is 0.151 e. The Morgan fingerprint density at radius 3 is 3.00 bits per heavy atom. The summed E-state index contributed by atoms with van der Waals surface area (Å²) in [5.41, 5.74) is 6.66. The molecular weight excluding hydrogens is 176 g/mol. The predicted molar refractivity (Wildman–Crippen MR) is 56.2 cm³/mol. The maximum Gasteiger partial charge on any atom is 0.151 e. The van der Waals surface area contributed by atoms with Crippen molar-refractivity contribution in [1.82, 2.24) is 10.2 Å². The monoisotopic (exact) mass is 192 g/mol. The first-order valence-electron chi connectivity index (χ1n) is 5.08. The van der Waals surface area contributed by atoms with E-state index in [1.165, 1.54) is 12.8 Å². The SMILES string of the molecule is Cc1ccc(N2CCC[C@H]2CN)nn1. The lowest BCUT2D eigenvalue weighted by molar-refractivity contribution is 0.667. The zero-order chi connectivity index (χ0) is 9.97. The second-order valence-corrected chi connectivity index (χ2v) is 3.76. The minimum atomic E-state index is 0.451. The fourth-order valence-corrected chi connectivity index (χ4v) is 1.93. The average molecular weight is 192 g/mol. The Labute approximate surface area is 84.1 Å². The normalized spacial score (nSPS) is 21.6. The number of nitrogens with two attached hydrogens (primary N) is 1. The van der Waals surface area contributed by atoms with E-state index in [0.717, 1.165) is 18.1 Å². The number of nitrogens with zero attached hydrogens (tertiary/aromatic N) is 3. The van der Waals surface area contributed by atoms with Crippen LogP contribution in [0, 0.1) is 6.92 Å². The molecule has 0 saturated carbocycles. The van der Waals surface area contributed by atoms with Crippen molar-refractivity contribution in [3.05, 3.63) is 17.8 Å². The molecule has 2 heterocycles. The molecule has 1 fully saturated rings. The van der Waals surface area contributed by atoms with E-state index >= 15 is 0 Å². The van der Waals surface area contributed by atoms with Crippen LogP contribution in [0.1, 0.15) is 18.5 Å². The zero-order valence-electron chi connectivity index (χ0n) is 8.48. The molecule has 2 rings (SSSR count). The Hall–Kier alpha value is -1.16. The second-order valence-electron chi connectivity index (χ2n) is 3.76. The van der Waals surface area contributed by atoms with Crippen LogP contribution in [0.25, 0.3) is 0 Å². The molecule has 0 spiro atoms. The van der Waals surface area contributed by atoms with Crippen LogP contribution in [0.4, 0.5) is 5.82 Å². The van der Waals surface area contributed by atoms with E-state index in [-0.39, 0.29) is 0 Å². The third-order valence-electron chi connectivity index (χ3n) is 2.73. The Morgan fingerprint density at radius 2 is 2.36 bits per heavy atom. The molecule has 1 aliphatic rings. The van der Waals surface area contributed by atoms with E-state index in [9.17, 15) is 0 Å². The Balaban J connectivity index is 2.17. The highest BCUT2D eigenvalue weighted by atomic mass is 15.3. The molecule has 0 bridgehead atoms. The van der Waals surface area contributed by atoms with Gasteiger partial charge in [-0.3, -0.25) is 0 Å². The topological polar surface area (TPSA) is 55.0 Å². The summed E-state index contributed by atoms with van der Waals surface area (Å²) in [4.78, 5) is 2.26. The minimum absolute atomic E-state index is 0.451. The molecule has 1 saturated heterocycles. The summed E-state index contributed by atoms with van der Waals surface area (Å²) in [6.45, 7) is 3.70. The minimum Gasteiger partial charge on any atom is -0.351 e. The lowest BCUT2D eigenvalue weighted by Gasteiger charge is -2.23. The summed E-state index contributed by atoms with van der Waals surface area (Å²) in [6.07, 6.45) is 2.38. The number of rotatable bonds is 2. The molecule has 1 aliphatic heterocycles. The largest absolute Gasteiger partial charge is 0.351 e. The van der Waals surface area contributed by atoms with Crippen LogP contribution in [0.2, 0.25) is 0 Å². The first kappa shape index (κ1) is 9.40. The van der Waals surface area contributed by atoms with Gasteiger partial charge < -0.3 is 10.6 Å². The van der Waals surface area contributed by atoms with Crippen LogP contribution in [-0.4, -0.2) is 29.3 Å². The number of hydrogen-bond acceptors (Lipinski definition) is 4. The molecule has 76 valence electrons. The van der Waals surface area contributed by atoms with Gasteiger partial charge in [-0.05, 0) is 31.9 Å². The third-order valence-corrected chi connectivity index (χ3v) is 2.73. The van der Waals surface area contributed by atoms with E-state index in [4.69, 9.17) is 5.73 Å². The fourth-order valence-electron chi connectivity index (χ4n) is 1.93. The Bertz CT molecular complexity index is 295. The lowest BCUT2D eigenvalue weighted by Crippen LogP contribution is -2.36. The van der Waals surface area contributed by atoms with Crippen molar-refractivity contribution in [1.29, 1.82) is 0 Å². The molecule has 1 aromatic rings. The first-order valence-corrected chi connectivity index (χ1v) is 5.08. The van der Waals surface area contributed by atoms with Crippen molar-refractivity contribution >= 4 is 5.82 Å². The molecule has 0 amide bonds. The maximum absolute atomic E-state index is 5.70. The van der Waals surface area contributed by atoms with Gasteiger partial charge >= 0.3 is 0 Å². The number of hydrogen-bond donors (Lipinski definition) is 1. The summed E-state index contributed by atoms with van der Waals surface area (Å²) >= 11 is 0. The van der Waals surface area contributed by atoms with E-state index in [1.807, 2.05) is 19.1 Å². The van der Waals surface area contributed by atoms with Crippen molar-refractivity contribution in [3.63, 3.8) is 0 Å². The number of anilines is 1. The predicted octanol–water partition coefficient (Wildman–Crippen LogP) is 0.713. The second kappa shape index (κ2) is 3.92. The van der Waals surface area contributed by atoms with Gasteiger partial charge in [0.1, 0.15) is 0 Å². The van der Waals surface area contributed by atoms with Crippen molar-refractivity contribution < 1.29 is 0 Å². The van der Waals surface area contributed by atoms with Gasteiger partial charge in [-0.2, -0.15) is 5.10 Å². The molecule has 0 aromatic carbocycles. The lowest BCUT2D eigenvalue weighted by atomic mass is 10.2. The highest BCUT2D eigenvalue weighted by Crippen LogP contribution is 2.22.